The Morgan fingerprint density at radius 1 is 1.11 bits per heavy atom. The third-order valence-corrected chi connectivity index (χ3v) is 6.07. The number of nitrogens with zero attached hydrogens (tertiary/aromatic N) is 6. The summed E-state index contributed by atoms with van der Waals surface area (Å²) in [5.41, 5.74) is 8.24. The minimum atomic E-state index is -1.45. The van der Waals surface area contributed by atoms with E-state index in [-0.39, 0.29) is 12.3 Å². The first-order valence-corrected chi connectivity index (χ1v) is 15.0. The van der Waals surface area contributed by atoms with Gasteiger partial charge in [0.2, 0.25) is 5.90 Å². The van der Waals surface area contributed by atoms with Gasteiger partial charge >= 0.3 is 5.69 Å². The van der Waals surface area contributed by atoms with E-state index in [0.29, 0.717) is 18.0 Å². The van der Waals surface area contributed by atoms with Crippen LogP contribution in [0.4, 0.5) is 0 Å². The number of rotatable bonds is 6. The van der Waals surface area contributed by atoms with Crippen LogP contribution in [0.1, 0.15) is 42.5 Å². The third-order valence-electron chi connectivity index (χ3n) is 5.19. The first-order valence-electron chi connectivity index (χ1n) is 11.5. The average molecular weight is 489 g/mol. The molecule has 0 amide bonds. The lowest BCUT2D eigenvalue weighted by Gasteiger charge is -2.13. The highest BCUT2D eigenvalue weighted by Crippen LogP contribution is 2.18. The molecule has 0 radical (unpaired) electrons. The Bertz CT molecular complexity index is 1380. The molecule has 0 fully saturated rings. The normalized spacial score (nSPS) is 12.3. The van der Waals surface area contributed by atoms with Crippen molar-refractivity contribution in [2.75, 3.05) is 0 Å². The second-order valence-corrected chi connectivity index (χ2v) is 14.0. The molecule has 0 aliphatic carbocycles. The topological polar surface area (TPSA) is 86.7 Å². The van der Waals surface area contributed by atoms with Crippen LogP contribution in [-0.4, -0.2) is 39.5 Å². The molecule has 0 aliphatic rings. The molecule has 0 saturated heterocycles. The van der Waals surface area contributed by atoms with Crippen LogP contribution in [0.15, 0.2) is 57.5 Å². The van der Waals surface area contributed by atoms with E-state index in [1.165, 1.54) is 9.36 Å². The summed E-state index contributed by atoms with van der Waals surface area (Å²) >= 11 is 0. The molecule has 182 valence electrons. The summed E-state index contributed by atoms with van der Waals surface area (Å²) in [5.74, 6) is 3.78. The van der Waals surface area contributed by atoms with Crippen LogP contribution in [0.2, 0.25) is 19.6 Å². The standard InChI is InChI=1S/C26H32N6O2Si/c1-8-25(28-27-20(3)22-13-10-12-21(17-22)15-16-35(5,6)7)34-18-23-19(2)11-9-14-24(23)32-26(33)31(4)29-30-32/h9-14,17H,8,18H2,1-7H3/b27-20+,28-25+. The first kappa shape index (κ1) is 25.8. The summed E-state index contributed by atoms with van der Waals surface area (Å²) in [6.45, 7) is 12.7. The van der Waals surface area contributed by atoms with Gasteiger partial charge < -0.3 is 4.74 Å². The third kappa shape index (κ3) is 6.87. The molecular formula is C26H32N6O2Si. The minimum Gasteiger partial charge on any atom is -0.475 e. The van der Waals surface area contributed by atoms with Crippen LogP contribution in [0.3, 0.4) is 0 Å². The zero-order valence-corrected chi connectivity index (χ0v) is 22.5. The number of aromatic nitrogens is 4. The average Bonchev–Trinajstić information content (AvgIpc) is 3.16. The van der Waals surface area contributed by atoms with Gasteiger partial charge in [-0.25, -0.2) is 4.79 Å². The Hall–Kier alpha value is -3.77. The van der Waals surface area contributed by atoms with Crippen molar-refractivity contribution in [2.24, 2.45) is 17.3 Å². The zero-order chi connectivity index (χ0) is 25.6. The highest BCUT2D eigenvalue weighted by atomic mass is 28.3. The van der Waals surface area contributed by atoms with Crippen molar-refractivity contribution in [3.05, 3.63) is 75.2 Å². The Morgan fingerprint density at radius 3 is 2.51 bits per heavy atom. The van der Waals surface area contributed by atoms with Crippen LogP contribution in [0, 0.1) is 18.4 Å². The number of aryl methyl sites for hydroxylation is 2. The van der Waals surface area contributed by atoms with E-state index >= 15 is 0 Å². The fraction of sp³-hybridized carbons (Fsp3) is 0.346. The molecule has 8 nitrogen and oxygen atoms in total. The Labute approximate surface area is 207 Å². The van der Waals surface area contributed by atoms with E-state index < -0.39 is 8.07 Å². The molecule has 3 aromatic rings. The quantitative estimate of drug-likeness (QED) is 0.171. The van der Waals surface area contributed by atoms with E-state index in [1.807, 2.05) is 63.2 Å². The molecule has 3 rings (SSSR count). The molecule has 0 saturated carbocycles. The van der Waals surface area contributed by atoms with E-state index in [4.69, 9.17) is 4.74 Å². The van der Waals surface area contributed by atoms with E-state index in [1.54, 1.807) is 7.05 Å². The van der Waals surface area contributed by atoms with Gasteiger partial charge in [-0.2, -0.15) is 14.5 Å². The number of ether oxygens (including phenoxy) is 1. The second-order valence-electron chi connectivity index (χ2n) is 9.27. The number of hydrogen-bond acceptors (Lipinski definition) is 6. The fourth-order valence-electron chi connectivity index (χ4n) is 3.17. The van der Waals surface area contributed by atoms with Crippen molar-refractivity contribution in [3.8, 4) is 17.2 Å². The van der Waals surface area contributed by atoms with E-state index in [9.17, 15) is 4.79 Å². The summed E-state index contributed by atoms with van der Waals surface area (Å²) in [7, 11) is 0.118. The Kier molecular flexibility index (Phi) is 8.20. The molecule has 9 heteroatoms. The van der Waals surface area contributed by atoms with Crippen molar-refractivity contribution in [2.45, 2.75) is 53.4 Å². The predicted molar refractivity (Wildman–Crippen MR) is 143 cm³/mol. The summed E-state index contributed by atoms with van der Waals surface area (Å²) < 4.78 is 8.47. The van der Waals surface area contributed by atoms with Crippen LogP contribution in [-0.2, 0) is 18.4 Å². The molecule has 0 atom stereocenters. The lowest BCUT2D eigenvalue weighted by molar-refractivity contribution is 0.282. The van der Waals surface area contributed by atoms with Gasteiger partial charge in [0.05, 0.1) is 11.4 Å². The highest BCUT2D eigenvalue weighted by Gasteiger charge is 2.14. The van der Waals surface area contributed by atoms with E-state index in [0.717, 1.165) is 28.0 Å². The van der Waals surface area contributed by atoms with Crippen LogP contribution < -0.4 is 5.69 Å². The van der Waals surface area contributed by atoms with Crippen LogP contribution >= 0.6 is 0 Å². The molecule has 1 heterocycles. The van der Waals surface area contributed by atoms with Crippen molar-refractivity contribution >= 4 is 19.7 Å². The summed E-state index contributed by atoms with van der Waals surface area (Å²) in [5, 5.41) is 16.5. The molecule has 0 unspecified atom stereocenters. The molecular weight excluding hydrogens is 456 g/mol. The van der Waals surface area contributed by atoms with Crippen molar-refractivity contribution in [1.82, 2.24) is 19.8 Å². The first-order chi connectivity index (χ1) is 16.6. The van der Waals surface area contributed by atoms with Crippen molar-refractivity contribution in [3.63, 3.8) is 0 Å². The lowest BCUT2D eigenvalue weighted by atomic mass is 10.1. The van der Waals surface area contributed by atoms with Crippen LogP contribution in [0.5, 0.6) is 0 Å². The SMILES string of the molecule is CC/C(=N\N=C(/C)c1cccc(C#C[Si](C)(C)C)c1)OCc1c(C)cccc1-n1nnn(C)c1=O. The van der Waals surface area contributed by atoms with Crippen LogP contribution in [0.25, 0.3) is 5.69 Å². The number of benzene rings is 2. The second kappa shape index (κ2) is 11.1. The van der Waals surface area contributed by atoms with Crippen molar-refractivity contribution < 1.29 is 4.74 Å². The van der Waals surface area contributed by atoms with Gasteiger partial charge in [-0.1, -0.05) is 56.8 Å². The van der Waals surface area contributed by atoms with Gasteiger partial charge in [-0.05, 0) is 53.6 Å². The van der Waals surface area contributed by atoms with E-state index in [2.05, 4.69) is 51.7 Å². The van der Waals surface area contributed by atoms with Gasteiger partial charge in [-0.15, -0.1) is 10.6 Å². The van der Waals surface area contributed by atoms with Gasteiger partial charge in [0.15, 0.2) is 0 Å². The maximum atomic E-state index is 12.4. The van der Waals surface area contributed by atoms with Crippen molar-refractivity contribution in [1.29, 1.82) is 0 Å². The Morgan fingerprint density at radius 2 is 1.86 bits per heavy atom. The lowest BCUT2D eigenvalue weighted by Crippen LogP contribution is -2.23. The largest absolute Gasteiger partial charge is 0.475 e. The highest BCUT2D eigenvalue weighted by molar-refractivity contribution is 6.83. The molecule has 0 spiro atoms. The number of hydrogen-bond donors (Lipinski definition) is 0. The summed E-state index contributed by atoms with van der Waals surface area (Å²) in [4.78, 5) is 12.4. The summed E-state index contributed by atoms with van der Waals surface area (Å²) in [6.07, 6.45) is 0.574. The smallest absolute Gasteiger partial charge is 0.368 e. The summed E-state index contributed by atoms with van der Waals surface area (Å²) in [6, 6.07) is 13.7. The Balaban J connectivity index is 1.81. The fourth-order valence-corrected chi connectivity index (χ4v) is 3.68. The molecule has 2 aromatic carbocycles. The minimum absolute atomic E-state index is 0.230. The van der Waals surface area contributed by atoms with Gasteiger partial charge in [0, 0.05) is 24.6 Å². The monoisotopic (exact) mass is 488 g/mol. The molecule has 0 aliphatic heterocycles. The molecule has 1 aromatic heterocycles. The van der Waals surface area contributed by atoms with Gasteiger partial charge in [0.1, 0.15) is 14.7 Å². The molecule has 0 N–H and O–H groups in total. The van der Waals surface area contributed by atoms with Gasteiger partial charge in [-0.3, -0.25) is 0 Å². The molecule has 0 bridgehead atoms. The van der Waals surface area contributed by atoms with Gasteiger partial charge in [0.25, 0.3) is 0 Å². The predicted octanol–water partition coefficient (Wildman–Crippen LogP) is 4.25. The maximum Gasteiger partial charge on any atom is 0.368 e. The maximum absolute atomic E-state index is 12.4. The molecule has 35 heavy (non-hydrogen) atoms. The number of tetrazole rings is 1. The zero-order valence-electron chi connectivity index (χ0n) is 21.5.